The van der Waals surface area contributed by atoms with E-state index in [1.807, 2.05) is 34.6 Å². The van der Waals surface area contributed by atoms with Crippen molar-refractivity contribution in [3.8, 4) is 0 Å². The summed E-state index contributed by atoms with van der Waals surface area (Å²) in [5.74, 6) is 1.72. The lowest BCUT2D eigenvalue weighted by atomic mass is 10.2. The summed E-state index contributed by atoms with van der Waals surface area (Å²) in [5.41, 5.74) is 1.25. The summed E-state index contributed by atoms with van der Waals surface area (Å²) in [4.78, 5) is 0. The van der Waals surface area contributed by atoms with Crippen LogP contribution in [0.25, 0.3) is 0 Å². The van der Waals surface area contributed by atoms with E-state index in [0.717, 1.165) is 18.3 Å². The van der Waals surface area contributed by atoms with Crippen molar-refractivity contribution in [2.75, 3.05) is 0 Å². The second-order valence-electron chi connectivity index (χ2n) is 5.55. The van der Waals surface area contributed by atoms with E-state index in [2.05, 4.69) is 68.9 Å². The van der Waals surface area contributed by atoms with E-state index in [1.165, 1.54) is 18.4 Å². The molecule has 0 heteroatoms. The molecule has 0 saturated carbocycles. The zero-order valence-electron chi connectivity index (χ0n) is 18.5. The van der Waals surface area contributed by atoms with E-state index >= 15 is 0 Å². The molecule has 0 bridgehead atoms. The van der Waals surface area contributed by atoms with Crippen molar-refractivity contribution in [2.45, 2.75) is 116 Å². The Balaban J connectivity index is -0.0000000335. The molecule has 0 fully saturated rings. The summed E-state index contributed by atoms with van der Waals surface area (Å²) < 4.78 is 0. The summed E-state index contributed by atoms with van der Waals surface area (Å²) in [6, 6.07) is 0. The number of rotatable bonds is 2. The summed E-state index contributed by atoms with van der Waals surface area (Å²) in [7, 11) is 0. The van der Waals surface area contributed by atoms with Gasteiger partial charge in [-0.15, -0.1) is 6.58 Å². The van der Waals surface area contributed by atoms with Gasteiger partial charge in [0.25, 0.3) is 0 Å². The average molecular weight is 305 g/mol. The Morgan fingerprint density at radius 1 is 0.762 bits per heavy atom. The minimum atomic E-state index is 0.833. The molecule has 0 aromatic heterocycles. The molecule has 0 unspecified atom stereocenters. The maximum Gasteiger partial charge on any atom is -0.0354 e. The van der Waals surface area contributed by atoms with Crippen LogP contribution in [0, 0.1) is 11.8 Å². The lowest BCUT2D eigenvalue weighted by molar-refractivity contribution is 0.626. The van der Waals surface area contributed by atoms with Gasteiger partial charge in [0.1, 0.15) is 0 Å². The quantitative estimate of drug-likeness (QED) is 0.446. The van der Waals surface area contributed by atoms with Crippen LogP contribution in [0.3, 0.4) is 0 Å². The first-order valence-electron chi connectivity index (χ1n) is 9.33. The zero-order valence-corrected chi connectivity index (χ0v) is 18.5. The number of hydrogen-bond donors (Lipinski definition) is 0. The smallest absolute Gasteiger partial charge is 0.0354 e. The molecule has 0 atom stereocenters. The Labute approximate surface area is 140 Å². The largest absolute Gasteiger partial charge is 0.100 e. The molecule has 0 aliphatic carbocycles. The van der Waals surface area contributed by atoms with E-state index in [0.29, 0.717) is 0 Å². The van der Waals surface area contributed by atoms with Crippen molar-refractivity contribution in [2.24, 2.45) is 11.8 Å². The van der Waals surface area contributed by atoms with Gasteiger partial charge in [-0.3, -0.25) is 0 Å². The van der Waals surface area contributed by atoms with Crippen LogP contribution in [0.2, 0.25) is 0 Å². The topological polar surface area (TPSA) is 0 Å². The minimum absolute atomic E-state index is 0.833. The molecule has 21 heavy (non-hydrogen) atoms. The Kier molecular flexibility index (Phi) is 89.1. The average Bonchev–Trinajstić information content (AvgIpc) is 2.44. The molecule has 0 radical (unpaired) electrons. The Bertz CT molecular complexity index is 106. The van der Waals surface area contributed by atoms with E-state index in [-0.39, 0.29) is 0 Å². The molecule has 0 rings (SSSR count). The van der Waals surface area contributed by atoms with Crippen LogP contribution in [0.5, 0.6) is 0 Å². The molecule has 0 nitrogen and oxygen atoms in total. The highest BCUT2D eigenvalue weighted by Crippen LogP contribution is 1.93. The van der Waals surface area contributed by atoms with Crippen molar-refractivity contribution in [1.82, 2.24) is 0 Å². The Hall–Kier alpha value is -0.260. The molecule has 0 amide bonds. The molecule has 136 valence electrons. The van der Waals surface area contributed by atoms with Gasteiger partial charge in [-0.2, -0.15) is 0 Å². The van der Waals surface area contributed by atoms with Gasteiger partial charge in [0.05, 0.1) is 0 Å². The van der Waals surface area contributed by atoms with Gasteiger partial charge in [0.15, 0.2) is 0 Å². The number of allylic oxidation sites excluding steroid dienone is 1. The van der Waals surface area contributed by atoms with Gasteiger partial charge in [-0.05, 0) is 25.2 Å². The maximum atomic E-state index is 3.67. The normalized spacial score (nSPS) is 7.24. The fourth-order valence-electron chi connectivity index (χ4n) is 0. The van der Waals surface area contributed by atoms with Gasteiger partial charge in [-0.1, -0.05) is 108 Å². The number of hydrogen-bond acceptors (Lipinski definition) is 0. The van der Waals surface area contributed by atoms with Gasteiger partial charge in [0.2, 0.25) is 0 Å². The zero-order chi connectivity index (χ0) is 18.9. The van der Waals surface area contributed by atoms with Gasteiger partial charge in [0, 0.05) is 0 Å². The van der Waals surface area contributed by atoms with Crippen molar-refractivity contribution in [3.63, 3.8) is 0 Å². The SMILES string of the molecule is C=C(C)CC.CC.CC.CC(C)C.CCC.CCC(C)C. The molecule has 0 aliphatic heterocycles. The summed E-state index contributed by atoms with van der Waals surface area (Å²) in [5, 5.41) is 0. The fraction of sp³-hybridized carbons (Fsp3) is 0.905. The molecular formula is C21H52. The summed E-state index contributed by atoms with van der Waals surface area (Å²) in [6.07, 6.45) is 3.67. The van der Waals surface area contributed by atoms with Crippen molar-refractivity contribution in [1.29, 1.82) is 0 Å². The van der Waals surface area contributed by atoms with Crippen LogP contribution in [0.1, 0.15) is 116 Å². The van der Waals surface area contributed by atoms with E-state index in [4.69, 9.17) is 0 Å². The van der Waals surface area contributed by atoms with Crippen molar-refractivity contribution in [3.05, 3.63) is 12.2 Å². The highest BCUT2D eigenvalue weighted by Gasteiger charge is 1.80. The molecule has 0 spiro atoms. The molecule has 0 aromatic carbocycles. The predicted molar refractivity (Wildman–Crippen MR) is 109 cm³/mol. The third kappa shape index (κ3) is 444. The summed E-state index contributed by atoms with van der Waals surface area (Å²) >= 11 is 0. The first-order chi connectivity index (χ1) is 9.69. The van der Waals surface area contributed by atoms with Crippen molar-refractivity contribution >= 4 is 0 Å². The first-order valence-corrected chi connectivity index (χ1v) is 9.33. The molecular weight excluding hydrogens is 252 g/mol. The Morgan fingerprint density at radius 2 is 0.857 bits per heavy atom. The van der Waals surface area contributed by atoms with Crippen LogP contribution < -0.4 is 0 Å². The van der Waals surface area contributed by atoms with Gasteiger partial charge in [-0.25, -0.2) is 0 Å². The molecule has 0 aromatic rings. The predicted octanol–water partition coefficient (Wildman–Crippen LogP) is 9.16. The van der Waals surface area contributed by atoms with Crippen LogP contribution >= 0.6 is 0 Å². The van der Waals surface area contributed by atoms with Crippen LogP contribution in [-0.2, 0) is 0 Å². The Morgan fingerprint density at radius 3 is 0.857 bits per heavy atom. The van der Waals surface area contributed by atoms with Crippen molar-refractivity contribution < 1.29 is 0 Å². The third-order valence-electron chi connectivity index (χ3n) is 1.42. The third-order valence-corrected chi connectivity index (χ3v) is 1.42. The van der Waals surface area contributed by atoms with E-state index < -0.39 is 0 Å². The van der Waals surface area contributed by atoms with Gasteiger partial charge < -0.3 is 0 Å². The lowest BCUT2D eigenvalue weighted by Gasteiger charge is -1.90. The molecule has 0 heterocycles. The second kappa shape index (κ2) is 50.3. The van der Waals surface area contributed by atoms with Crippen LogP contribution in [-0.4, -0.2) is 0 Å². The van der Waals surface area contributed by atoms with Gasteiger partial charge >= 0.3 is 0 Å². The van der Waals surface area contributed by atoms with E-state index in [1.54, 1.807) is 0 Å². The molecule has 0 aliphatic rings. The lowest BCUT2D eigenvalue weighted by Crippen LogP contribution is -1.77. The van der Waals surface area contributed by atoms with Crippen LogP contribution in [0.15, 0.2) is 12.2 Å². The van der Waals surface area contributed by atoms with Crippen LogP contribution in [0.4, 0.5) is 0 Å². The maximum absolute atomic E-state index is 3.67. The minimum Gasteiger partial charge on any atom is -0.100 e. The second-order valence-corrected chi connectivity index (χ2v) is 5.55. The fourth-order valence-corrected chi connectivity index (χ4v) is 0. The molecule has 0 N–H and O–H groups in total. The van der Waals surface area contributed by atoms with E-state index in [9.17, 15) is 0 Å². The highest BCUT2D eigenvalue weighted by molar-refractivity contribution is 4.84. The first kappa shape index (κ1) is 37.2. The monoisotopic (exact) mass is 304 g/mol. The standard InChI is InChI=1S/C5H12.C5H10.C4H10.C3H8.2C2H6/c2*1-4-5(2)3;1-4(2)3;1-3-2;2*1-2/h5H,4H2,1-3H3;2,4H2,1,3H3;4H,1-3H3;3H2,1-2H3;2*1-2H3. The molecule has 0 saturated heterocycles. The summed E-state index contributed by atoms with van der Waals surface area (Å²) in [6.45, 7) is 33.2. The highest BCUT2D eigenvalue weighted by atomic mass is 13.9.